The molecular formula is C12H15FN2O3. The Morgan fingerprint density at radius 3 is 2.50 bits per heavy atom. The highest BCUT2D eigenvalue weighted by molar-refractivity contribution is 5.52. The summed E-state index contributed by atoms with van der Waals surface area (Å²) in [7, 11) is 0. The summed E-state index contributed by atoms with van der Waals surface area (Å²) in [4.78, 5) is 11.8. The number of nitrogens with zero attached hydrogens (tertiary/aromatic N) is 2. The van der Waals surface area contributed by atoms with Gasteiger partial charge in [0.15, 0.2) is 5.82 Å². The Labute approximate surface area is 104 Å². The van der Waals surface area contributed by atoms with Crippen LogP contribution in [0.25, 0.3) is 0 Å². The largest absolute Gasteiger partial charge is 0.372 e. The van der Waals surface area contributed by atoms with Gasteiger partial charge in [0.1, 0.15) is 0 Å². The number of hydrogen-bond acceptors (Lipinski definition) is 4. The van der Waals surface area contributed by atoms with Crippen LogP contribution in [-0.4, -0.2) is 30.2 Å². The fourth-order valence-electron chi connectivity index (χ4n) is 2.24. The van der Waals surface area contributed by atoms with E-state index >= 15 is 0 Å². The summed E-state index contributed by atoms with van der Waals surface area (Å²) in [6.07, 6.45) is 0.0340. The molecule has 0 radical (unpaired) electrons. The van der Waals surface area contributed by atoms with Crippen LogP contribution in [0.15, 0.2) is 18.2 Å². The predicted octanol–water partition coefficient (Wildman–Crippen LogP) is 2.35. The zero-order valence-electron chi connectivity index (χ0n) is 10.3. The Kier molecular flexibility index (Phi) is 3.47. The number of halogens is 1. The molecule has 1 heterocycles. The lowest BCUT2D eigenvalue weighted by Crippen LogP contribution is -2.45. The monoisotopic (exact) mass is 254 g/mol. The van der Waals surface area contributed by atoms with Gasteiger partial charge in [0, 0.05) is 19.2 Å². The molecule has 0 N–H and O–H groups in total. The van der Waals surface area contributed by atoms with E-state index in [9.17, 15) is 14.5 Å². The van der Waals surface area contributed by atoms with E-state index in [1.54, 1.807) is 0 Å². The van der Waals surface area contributed by atoms with E-state index in [1.165, 1.54) is 12.1 Å². The maximum atomic E-state index is 13.9. The van der Waals surface area contributed by atoms with Crippen LogP contribution >= 0.6 is 0 Å². The van der Waals surface area contributed by atoms with Crippen LogP contribution in [0.2, 0.25) is 0 Å². The number of nitro groups is 1. The topological polar surface area (TPSA) is 55.6 Å². The highest BCUT2D eigenvalue weighted by Crippen LogP contribution is 2.26. The molecule has 0 bridgehead atoms. The fraction of sp³-hybridized carbons (Fsp3) is 0.500. The molecule has 1 fully saturated rings. The van der Waals surface area contributed by atoms with Gasteiger partial charge >= 0.3 is 0 Å². The first-order valence-corrected chi connectivity index (χ1v) is 5.81. The molecule has 2 rings (SSSR count). The van der Waals surface area contributed by atoms with Gasteiger partial charge in [-0.2, -0.15) is 0 Å². The average molecular weight is 254 g/mol. The van der Waals surface area contributed by atoms with Crippen LogP contribution in [0.4, 0.5) is 15.8 Å². The molecule has 0 amide bonds. The Balaban J connectivity index is 2.25. The number of hydrogen-bond donors (Lipinski definition) is 0. The van der Waals surface area contributed by atoms with Crippen molar-refractivity contribution in [2.24, 2.45) is 0 Å². The maximum Gasteiger partial charge on any atom is 0.272 e. The molecule has 18 heavy (non-hydrogen) atoms. The molecule has 0 aromatic heterocycles. The van der Waals surface area contributed by atoms with E-state index in [0.29, 0.717) is 18.8 Å². The van der Waals surface area contributed by atoms with Crippen molar-refractivity contribution in [3.05, 3.63) is 34.1 Å². The van der Waals surface area contributed by atoms with Gasteiger partial charge < -0.3 is 9.64 Å². The highest BCUT2D eigenvalue weighted by atomic mass is 19.1. The minimum absolute atomic E-state index is 0.0170. The second-order valence-corrected chi connectivity index (χ2v) is 4.56. The molecule has 5 nitrogen and oxygen atoms in total. The third kappa shape index (κ3) is 2.59. The van der Waals surface area contributed by atoms with Crippen LogP contribution in [0.1, 0.15) is 13.8 Å². The quantitative estimate of drug-likeness (QED) is 0.600. The molecule has 2 atom stereocenters. The third-order valence-corrected chi connectivity index (χ3v) is 2.90. The minimum atomic E-state index is -0.600. The number of morpholine rings is 1. The second-order valence-electron chi connectivity index (χ2n) is 4.56. The zero-order chi connectivity index (χ0) is 13.3. The van der Waals surface area contributed by atoms with Gasteiger partial charge in [-0.1, -0.05) is 0 Å². The normalized spacial score (nSPS) is 24.1. The number of non-ortho nitro benzene ring substituents is 1. The van der Waals surface area contributed by atoms with Crippen LogP contribution in [0.3, 0.4) is 0 Å². The predicted molar refractivity (Wildman–Crippen MR) is 65.3 cm³/mol. The van der Waals surface area contributed by atoms with Gasteiger partial charge in [-0.25, -0.2) is 4.39 Å². The summed E-state index contributed by atoms with van der Waals surface area (Å²) in [6, 6.07) is 3.74. The van der Waals surface area contributed by atoms with Crippen LogP contribution in [-0.2, 0) is 4.74 Å². The number of ether oxygens (including phenoxy) is 1. The molecule has 98 valence electrons. The highest BCUT2D eigenvalue weighted by Gasteiger charge is 2.25. The van der Waals surface area contributed by atoms with Crippen molar-refractivity contribution < 1.29 is 14.1 Å². The van der Waals surface area contributed by atoms with Gasteiger partial charge in [0.05, 0.1) is 28.9 Å². The molecule has 0 aliphatic carbocycles. The van der Waals surface area contributed by atoms with Crippen molar-refractivity contribution in [3.63, 3.8) is 0 Å². The van der Waals surface area contributed by atoms with E-state index in [-0.39, 0.29) is 17.9 Å². The lowest BCUT2D eigenvalue weighted by atomic mass is 10.2. The minimum Gasteiger partial charge on any atom is -0.372 e. The molecule has 1 aliphatic rings. The maximum absolute atomic E-state index is 13.9. The Morgan fingerprint density at radius 2 is 2.00 bits per heavy atom. The van der Waals surface area contributed by atoms with Gasteiger partial charge in [-0.05, 0) is 19.9 Å². The summed E-state index contributed by atoms with van der Waals surface area (Å²) < 4.78 is 19.4. The summed E-state index contributed by atoms with van der Waals surface area (Å²) >= 11 is 0. The van der Waals surface area contributed by atoms with Crippen molar-refractivity contribution in [2.45, 2.75) is 26.1 Å². The van der Waals surface area contributed by atoms with Gasteiger partial charge in [-0.3, -0.25) is 10.1 Å². The van der Waals surface area contributed by atoms with Gasteiger partial charge in [0.2, 0.25) is 0 Å². The van der Waals surface area contributed by atoms with E-state index in [0.717, 1.165) is 6.07 Å². The molecule has 1 aromatic rings. The molecule has 1 aliphatic heterocycles. The van der Waals surface area contributed by atoms with E-state index in [4.69, 9.17) is 4.74 Å². The molecular weight excluding hydrogens is 239 g/mol. The number of anilines is 1. The summed E-state index contributed by atoms with van der Waals surface area (Å²) in [5, 5.41) is 10.6. The smallest absolute Gasteiger partial charge is 0.272 e. The zero-order valence-corrected chi connectivity index (χ0v) is 10.3. The molecule has 1 aromatic carbocycles. The molecule has 0 saturated carbocycles. The average Bonchev–Trinajstić information content (AvgIpc) is 2.27. The summed E-state index contributed by atoms with van der Waals surface area (Å²) in [5.41, 5.74) is 0.160. The first-order chi connectivity index (χ1) is 8.47. The first kappa shape index (κ1) is 12.8. The van der Waals surface area contributed by atoms with Gasteiger partial charge in [-0.15, -0.1) is 0 Å². The number of benzene rings is 1. The summed E-state index contributed by atoms with van der Waals surface area (Å²) in [6.45, 7) is 5.01. The SMILES string of the molecule is C[C@@H]1CN(c2ccc([N+](=O)[O-])cc2F)C[C@H](C)O1. The lowest BCUT2D eigenvalue weighted by molar-refractivity contribution is -0.385. The van der Waals surface area contributed by atoms with Crippen LogP contribution in [0, 0.1) is 15.9 Å². The Bertz CT molecular complexity index is 457. The van der Waals surface area contributed by atoms with Crippen LogP contribution < -0.4 is 4.90 Å². The lowest BCUT2D eigenvalue weighted by Gasteiger charge is -2.36. The van der Waals surface area contributed by atoms with Crippen molar-refractivity contribution in [3.8, 4) is 0 Å². The van der Waals surface area contributed by atoms with Crippen molar-refractivity contribution in [1.82, 2.24) is 0 Å². The van der Waals surface area contributed by atoms with Crippen molar-refractivity contribution >= 4 is 11.4 Å². The fourth-order valence-corrected chi connectivity index (χ4v) is 2.24. The van der Waals surface area contributed by atoms with E-state index in [2.05, 4.69) is 0 Å². The first-order valence-electron chi connectivity index (χ1n) is 5.81. The van der Waals surface area contributed by atoms with E-state index < -0.39 is 10.7 Å². The Hall–Kier alpha value is -1.69. The van der Waals surface area contributed by atoms with Crippen LogP contribution in [0.5, 0.6) is 0 Å². The third-order valence-electron chi connectivity index (χ3n) is 2.90. The van der Waals surface area contributed by atoms with E-state index in [1.807, 2.05) is 18.7 Å². The second kappa shape index (κ2) is 4.89. The Morgan fingerprint density at radius 1 is 1.39 bits per heavy atom. The number of nitro benzene ring substituents is 1. The molecule has 0 spiro atoms. The molecule has 0 unspecified atom stereocenters. The standard InChI is InChI=1S/C12H15FN2O3/c1-8-6-14(7-9(2)18-8)12-4-3-10(15(16)17)5-11(12)13/h3-5,8-9H,6-7H2,1-2H3/t8-,9+. The summed E-state index contributed by atoms with van der Waals surface area (Å²) in [5.74, 6) is -0.564. The van der Waals surface area contributed by atoms with Gasteiger partial charge in [0.25, 0.3) is 5.69 Å². The van der Waals surface area contributed by atoms with Crippen molar-refractivity contribution in [1.29, 1.82) is 0 Å². The molecule has 6 heteroatoms. The molecule has 1 saturated heterocycles. The van der Waals surface area contributed by atoms with Crippen molar-refractivity contribution in [2.75, 3.05) is 18.0 Å². The number of rotatable bonds is 2.